The number of thiazole rings is 1. The maximum absolute atomic E-state index is 12.8. The van der Waals surface area contributed by atoms with Crippen LogP contribution in [-0.2, 0) is 17.9 Å². The monoisotopic (exact) mass is 389 g/mol. The van der Waals surface area contributed by atoms with Gasteiger partial charge in [-0.25, -0.2) is 4.98 Å². The minimum absolute atomic E-state index is 0.0588. The summed E-state index contributed by atoms with van der Waals surface area (Å²) in [4.78, 5) is 22.0. The van der Waals surface area contributed by atoms with Crippen molar-refractivity contribution in [2.75, 3.05) is 46.5 Å². The van der Waals surface area contributed by atoms with Crippen LogP contribution < -0.4 is 9.47 Å². The molecule has 0 saturated carbocycles. The van der Waals surface area contributed by atoms with E-state index in [9.17, 15) is 4.79 Å². The van der Waals surface area contributed by atoms with Crippen molar-refractivity contribution in [2.45, 2.75) is 13.2 Å². The maximum Gasteiger partial charge on any atom is 0.266 e. The number of carbonyl (C=O) groups is 1. The molecule has 1 amide bonds. The molecule has 1 aromatic carbocycles. The third kappa shape index (κ3) is 4.07. The van der Waals surface area contributed by atoms with E-state index in [2.05, 4.69) is 22.0 Å². The van der Waals surface area contributed by atoms with Crippen LogP contribution in [0.1, 0.15) is 20.9 Å². The molecule has 0 unspecified atom stereocenters. The summed E-state index contributed by atoms with van der Waals surface area (Å²) in [7, 11) is 1.62. The number of aromatic nitrogens is 1. The molecular weight excluding hydrogens is 366 g/mol. The van der Waals surface area contributed by atoms with Crippen LogP contribution in [0, 0.1) is 0 Å². The van der Waals surface area contributed by atoms with Crippen LogP contribution in [0.25, 0.3) is 0 Å². The molecule has 27 heavy (non-hydrogen) atoms. The first-order chi connectivity index (χ1) is 13.2. The van der Waals surface area contributed by atoms with E-state index in [0.29, 0.717) is 37.8 Å². The zero-order valence-corrected chi connectivity index (χ0v) is 16.2. The minimum Gasteiger partial charge on any atom is -0.486 e. The summed E-state index contributed by atoms with van der Waals surface area (Å²) in [6, 6.07) is 6.12. The normalized spacial score (nSPS) is 17.1. The molecule has 1 fully saturated rings. The molecule has 144 valence electrons. The number of hydrogen-bond donors (Lipinski definition) is 0. The first kappa shape index (κ1) is 18.2. The fourth-order valence-corrected chi connectivity index (χ4v) is 4.14. The summed E-state index contributed by atoms with van der Waals surface area (Å²) < 4.78 is 16.4. The third-order valence-corrected chi connectivity index (χ3v) is 5.65. The van der Waals surface area contributed by atoms with E-state index in [1.807, 2.05) is 11.0 Å². The zero-order valence-electron chi connectivity index (χ0n) is 15.3. The zero-order chi connectivity index (χ0) is 18.6. The molecule has 7 nitrogen and oxygen atoms in total. The van der Waals surface area contributed by atoms with Crippen LogP contribution in [0.4, 0.5) is 0 Å². The lowest BCUT2D eigenvalue weighted by Gasteiger charge is -2.34. The second kappa shape index (κ2) is 8.24. The van der Waals surface area contributed by atoms with Crippen molar-refractivity contribution >= 4 is 17.2 Å². The second-order valence-electron chi connectivity index (χ2n) is 6.61. The highest BCUT2D eigenvalue weighted by molar-refractivity contribution is 7.11. The third-order valence-electron chi connectivity index (χ3n) is 4.79. The smallest absolute Gasteiger partial charge is 0.266 e. The van der Waals surface area contributed by atoms with Crippen molar-refractivity contribution in [2.24, 2.45) is 0 Å². The van der Waals surface area contributed by atoms with E-state index in [1.54, 1.807) is 12.6 Å². The average molecular weight is 389 g/mol. The second-order valence-corrected chi connectivity index (χ2v) is 7.46. The molecule has 2 aliphatic rings. The number of nitrogens with zero attached hydrogens (tertiary/aromatic N) is 3. The summed E-state index contributed by atoms with van der Waals surface area (Å²) in [6.07, 6.45) is 0. The van der Waals surface area contributed by atoms with E-state index < -0.39 is 0 Å². The molecule has 2 aliphatic heterocycles. The van der Waals surface area contributed by atoms with E-state index in [-0.39, 0.29) is 5.91 Å². The van der Waals surface area contributed by atoms with Gasteiger partial charge in [-0.1, -0.05) is 6.07 Å². The van der Waals surface area contributed by atoms with E-state index in [1.165, 1.54) is 16.9 Å². The predicted octanol–water partition coefficient (Wildman–Crippen LogP) is 2.02. The van der Waals surface area contributed by atoms with Crippen LogP contribution in [0.5, 0.6) is 11.5 Å². The van der Waals surface area contributed by atoms with Gasteiger partial charge in [0.25, 0.3) is 5.91 Å². The van der Waals surface area contributed by atoms with Crippen LogP contribution in [0.15, 0.2) is 23.7 Å². The van der Waals surface area contributed by atoms with E-state index in [4.69, 9.17) is 14.2 Å². The Morgan fingerprint density at radius 2 is 1.96 bits per heavy atom. The van der Waals surface area contributed by atoms with Crippen LogP contribution in [-0.4, -0.2) is 67.2 Å². The van der Waals surface area contributed by atoms with Gasteiger partial charge in [-0.05, 0) is 17.7 Å². The molecule has 0 spiro atoms. The highest BCUT2D eigenvalue weighted by Gasteiger charge is 2.25. The maximum atomic E-state index is 12.8. The number of ether oxygens (including phenoxy) is 3. The van der Waals surface area contributed by atoms with Crippen molar-refractivity contribution in [3.63, 3.8) is 0 Å². The number of piperazine rings is 1. The fraction of sp³-hybridized carbons (Fsp3) is 0.474. The van der Waals surface area contributed by atoms with Gasteiger partial charge in [0.05, 0.1) is 17.8 Å². The van der Waals surface area contributed by atoms with Crippen molar-refractivity contribution in [1.82, 2.24) is 14.8 Å². The summed E-state index contributed by atoms with van der Waals surface area (Å²) in [5, 5.41) is 0. The Kier molecular flexibility index (Phi) is 5.56. The standard InChI is InChI=1S/C19H23N3O4S/c1-24-12-15-18(27-13-20-15)19(23)22-6-4-21(5-7-22)11-14-2-3-16-17(10-14)26-9-8-25-16/h2-3,10,13H,4-9,11-12H2,1H3. The number of hydrogen-bond acceptors (Lipinski definition) is 7. The molecule has 3 heterocycles. The van der Waals surface area contributed by atoms with E-state index >= 15 is 0 Å². The topological polar surface area (TPSA) is 64.1 Å². The number of benzene rings is 1. The lowest BCUT2D eigenvalue weighted by molar-refractivity contribution is 0.0628. The fourth-order valence-electron chi connectivity index (χ4n) is 3.38. The van der Waals surface area contributed by atoms with Gasteiger partial charge < -0.3 is 19.1 Å². The number of fused-ring (bicyclic) bond motifs is 1. The van der Waals surface area contributed by atoms with Gasteiger partial charge in [-0.15, -0.1) is 11.3 Å². The Morgan fingerprint density at radius 1 is 1.19 bits per heavy atom. The minimum atomic E-state index is 0.0588. The Hall–Kier alpha value is -2.16. The van der Waals surface area contributed by atoms with Gasteiger partial charge in [0.15, 0.2) is 11.5 Å². The Labute approximate surface area is 162 Å². The van der Waals surface area contributed by atoms with Crippen molar-refractivity contribution in [3.05, 3.63) is 39.8 Å². The number of rotatable bonds is 5. The quantitative estimate of drug-likeness (QED) is 0.780. The number of carbonyl (C=O) groups excluding carboxylic acids is 1. The van der Waals surface area contributed by atoms with Crippen LogP contribution in [0.3, 0.4) is 0 Å². The molecule has 0 aliphatic carbocycles. The summed E-state index contributed by atoms with van der Waals surface area (Å²) in [5.74, 6) is 1.70. The molecular formula is C19H23N3O4S. The first-order valence-corrected chi connectivity index (χ1v) is 9.94. The molecule has 0 N–H and O–H groups in total. The van der Waals surface area contributed by atoms with Gasteiger partial charge >= 0.3 is 0 Å². The van der Waals surface area contributed by atoms with Gasteiger partial charge in [0, 0.05) is 39.8 Å². The molecule has 0 radical (unpaired) electrons. The Bertz CT molecular complexity index is 802. The van der Waals surface area contributed by atoms with Crippen LogP contribution in [0.2, 0.25) is 0 Å². The molecule has 2 aromatic rings. The molecule has 1 saturated heterocycles. The van der Waals surface area contributed by atoms with Gasteiger partial charge in [-0.2, -0.15) is 0 Å². The van der Waals surface area contributed by atoms with Gasteiger partial charge in [0.2, 0.25) is 0 Å². The van der Waals surface area contributed by atoms with Crippen molar-refractivity contribution in [1.29, 1.82) is 0 Å². The summed E-state index contributed by atoms with van der Waals surface area (Å²) in [5.41, 5.74) is 3.63. The van der Waals surface area contributed by atoms with Gasteiger partial charge in [0.1, 0.15) is 18.1 Å². The molecule has 0 bridgehead atoms. The van der Waals surface area contributed by atoms with Crippen molar-refractivity contribution < 1.29 is 19.0 Å². The number of methoxy groups -OCH3 is 1. The predicted molar refractivity (Wildman–Crippen MR) is 101 cm³/mol. The van der Waals surface area contributed by atoms with E-state index in [0.717, 1.165) is 36.8 Å². The SMILES string of the molecule is COCc1ncsc1C(=O)N1CCN(Cc2ccc3c(c2)OCCO3)CC1. The first-order valence-electron chi connectivity index (χ1n) is 9.06. The average Bonchev–Trinajstić information content (AvgIpc) is 3.16. The summed E-state index contributed by atoms with van der Waals surface area (Å²) >= 11 is 1.39. The van der Waals surface area contributed by atoms with Crippen LogP contribution >= 0.6 is 11.3 Å². The Balaban J connectivity index is 1.33. The largest absolute Gasteiger partial charge is 0.486 e. The molecule has 1 aromatic heterocycles. The highest BCUT2D eigenvalue weighted by atomic mass is 32.1. The number of amides is 1. The molecule has 4 rings (SSSR count). The lowest BCUT2D eigenvalue weighted by atomic mass is 10.1. The molecule has 8 heteroatoms. The Morgan fingerprint density at radius 3 is 2.74 bits per heavy atom. The lowest BCUT2D eigenvalue weighted by Crippen LogP contribution is -2.48. The van der Waals surface area contributed by atoms with Crippen molar-refractivity contribution in [3.8, 4) is 11.5 Å². The molecule has 0 atom stereocenters. The highest BCUT2D eigenvalue weighted by Crippen LogP contribution is 2.31. The summed E-state index contributed by atoms with van der Waals surface area (Å²) in [6.45, 7) is 5.54. The van der Waals surface area contributed by atoms with Gasteiger partial charge in [-0.3, -0.25) is 9.69 Å².